The van der Waals surface area contributed by atoms with Gasteiger partial charge < -0.3 is 24.4 Å². The molecule has 3 rings (SSSR count). The molecule has 35 heavy (non-hydrogen) atoms. The highest BCUT2D eigenvalue weighted by Gasteiger charge is 2.45. The molecule has 0 spiro atoms. The van der Waals surface area contributed by atoms with Gasteiger partial charge in [-0.2, -0.15) is 0 Å². The van der Waals surface area contributed by atoms with Crippen LogP contribution in [0.5, 0.6) is 11.5 Å². The lowest BCUT2D eigenvalue weighted by molar-refractivity contribution is -0.140. The van der Waals surface area contributed by atoms with Crippen molar-refractivity contribution in [3.63, 3.8) is 0 Å². The van der Waals surface area contributed by atoms with Gasteiger partial charge in [0.1, 0.15) is 17.3 Å². The summed E-state index contributed by atoms with van der Waals surface area (Å²) in [5.74, 6) is -0.0607. The summed E-state index contributed by atoms with van der Waals surface area (Å²) in [4.78, 5) is 29.7. The molecule has 2 aromatic carbocycles. The summed E-state index contributed by atoms with van der Waals surface area (Å²) in [6.45, 7) is 5.60. The predicted octanol–water partition coefficient (Wildman–Crippen LogP) is 4.56. The van der Waals surface area contributed by atoms with Crippen LogP contribution in [0, 0.1) is 6.92 Å². The number of amides is 1. The Morgan fingerprint density at radius 3 is 2.40 bits per heavy atom. The number of hydrogen-bond donors (Lipinski definition) is 1. The second-order valence-corrected chi connectivity index (χ2v) is 9.10. The molecule has 7 heteroatoms. The maximum atomic E-state index is 13.2. The summed E-state index contributed by atoms with van der Waals surface area (Å²) < 4.78 is 11.1. The fourth-order valence-corrected chi connectivity index (χ4v) is 4.23. The number of unbranched alkanes of at least 4 members (excludes halogenated alkanes) is 2. The molecule has 1 saturated heterocycles. The van der Waals surface area contributed by atoms with Crippen LogP contribution < -0.4 is 9.47 Å². The minimum absolute atomic E-state index is 0.0925. The third-order valence-corrected chi connectivity index (χ3v) is 6.21. The Labute approximate surface area is 207 Å². The zero-order valence-corrected chi connectivity index (χ0v) is 21.3. The third-order valence-electron chi connectivity index (χ3n) is 6.21. The number of likely N-dealkylation sites (N-methyl/N-ethyl adjacent to an activating group) is 1. The normalized spacial score (nSPS) is 17.3. The van der Waals surface area contributed by atoms with Crippen LogP contribution in [-0.4, -0.2) is 67.5 Å². The van der Waals surface area contributed by atoms with E-state index in [1.807, 2.05) is 50.2 Å². The van der Waals surface area contributed by atoms with Gasteiger partial charge in [0.25, 0.3) is 11.7 Å². The SMILES string of the molecule is CCCCCOc1ccc(C2/C(=C(\O)c3ccc(OC)c(C)c3)C(=O)C(=O)N2CCN(C)C)cc1. The van der Waals surface area contributed by atoms with E-state index < -0.39 is 17.7 Å². The molecule has 1 aliphatic heterocycles. The first-order chi connectivity index (χ1) is 16.8. The van der Waals surface area contributed by atoms with Crippen LogP contribution in [-0.2, 0) is 9.59 Å². The minimum Gasteiger partial charge on any atom is -0.507 e. The van der Waals surface area contributed by atoms with Gasteiger partial charge in [-0.25, -0.2) is 0 Å². The van der Waals surface area contributed by atoms with Gasteiger partial charge >= 0.3 is 0 Å². The third kappa shape index (κ3) is 6.03. The molecule has 7 nitrogen and oxygen atoms in total. The maximum absolute atomic E-state index is 13.2. The monoisotopic (exact) mass is 480 g/mol. The smallest absolute Gasteiger partial charge is 0.295 e. The number of nitrogens with zero attached hydrogens (tertiary/aromatic N) is 2. The average Bonchev–Trinajstić information content (AvgIpc) is 3.10. The number of benzene rings is 2. The van der Waals surface area contributed by atoms with Crippen LogP contribution in [0.25, 0.3) is 5.76 Å². The summed E-state index contributed by atoms with van der Waals surface area (Å²) in [5.41, 5.74) is 2.12. The van der Waals surface area contributed by atoms with E-state index in [-0.39, 0.29) is 11.3 Å². The van der Waals surface area contributed by atoms with E-state index in [1.165, 1.54) is 0 Å². The van der Waals surface area contributed by atoms with Crippen molar-refractivity contribution in [3.05, 3.63) is 64.7 Å². The fourth-order valence-electron chi connectivity index (χ4n) is 4.23. The molecule has 0 aromatic heterocycles. The number of hydrogen-bond acceptors (Lipinski definition) is 6. The number of carbonyl (C=O) groups excluding carboxylic acids is 2. The van der Waals surface area contributed by atoms with Crippen LogP contribution in [0.3, 0.4) is 0 Å². The van der Waals surface area contributed by atoms with Gasteiger partial charge in [-0.05, 0) is 68.9 Å². The van der Waals surface area contributed by atoms with Gasteiger partial charge in [-0.15, -0.1) is 0 Å². The summed E-state index contributed by atoms with van der Waals surface area (Å²) in [6, 6.07) is 11.9. The van der Waals surface area contributed by atoms with Crippen molar-refractivity contribution in [1.82, 2.24) is 9.80 Å². The van der Waals surface area contributed by atoms with E-state index in [0.29, 0.717) is 31.0 Å². The predicted molar refractivity (Wildman–Crippen MR) is 137 cm³/mol. The molecule has 1 N–H and O–H groups in total. The zero-order valence-electron chi connectivity index (χ0n) is 21.3. The minimum atomic E-state index is -0.688. The molecule has 1 fully saturated rings. The second-order valence-electron chi connectivity index (χ2n) is 9.10. The molecule has 2 aromatic rings. The number of ether oxygens (including phenoxy) is 2. The van der Waals surface area contributed by atoms with Crippen molar-refractivity contribution >= 4 is 17.4 Å². The van der Waals surface area contributed by atoms with E-state index in [4.69, 9.17) is 9.47 Å². The molecular formula is C28H36N2O5. The average molecular weight is 481 g/mol. The highest BCUT2D eigenvalue weighted by atomic mass is 16.5. The standard InChI is InChI=1S/C28H36N2O5/c1-6-7-8-17-35-22-12-9-20(10-13-22)25-24(27(32)28(33)30(25)16-15-29(3)4)26(31)21-11-14-23(34-5)19(2)18-21/h9-14,18,25,31H,6-8,15-17H2,1-5H3/b26-24+. The van der Waals surface area contributed by atoms with Crippen molar-refractivity contribution in [1.29, 1.82) is 0 Å². The van der Waals surface area contributed by atoms with Crippen molar-refractivity contribution in [2.45, 2.75) is 39.2 Å². The van der Waals surface area contributed by atoms with Gasteiger partial charge in [0.05, 0.1) is 25.3 Å². The Balaban J connectivity index is 2.01. The quantitative estimate of drug-likeness (QED) is 0.220. The summed E-state index contributed by atoms with van der Waals surface area (Å²) in [5, 5.41) is 11.2. The Bertz CT molecular complexity index is 1080. The molecule has 1 amide bonds. The van der Waals surface area contributed by atoms with Crippen LogP contribution in [0.1, 0.15) is 48.9 Å². The lowest BCUT2D eigenvalue weighted by Gasteiger charge is -2.26. The molecule has 1 unspecified atom stereocenters. The molecule has 1 heterocycles. The van der Waals surface area contributed by atoms with E-state index in [0.717, 1.165) is 36.1 Å². The van der Waals surface area contributed by atoms with Gasteiger partial charge in [0.2, 0.25) is 0 Å². The van der Waals surface area contributed by atoms with Gasteiger partial charge in [0.15, 0.2) is 0 Å². The molecule has 0 saturated carbocycles. The topological polar surface area (TPSA) is 79.3 Å². The molecule has 188 valence electrons. The highest BCUT2D eigenvalue weighted by Crippen LogP contribution is 2.40. The first-order valence-electron chi connectivity index (χ1n) is 12.1. The summed E-state index contributed by atoms with van der Waals surface area (Å²) in [7, 11) is 5.40. The Hall–Kier alpha value is -3.32. The van der Waals surface area contributed by atoms with E-state index in [2.05, 4.69) is 6.92 Å². The van der Waals surface area contributed by atoms with Gasteiger partial charge in [-0.1, -0.05) is 31.9 Å². The maximum Gasteiger partial charge on any atom is 0.295 e. The molecule has 0 aliphatic carbocycles. The van der Waals surface area contributed by atoms with Gasteiger partial charge in [0, 0.05) is 18.7 Å². The first kappa shape index (κ1) is 26.3. The first-order valence-corrected chi connectivity index (χ1v) is 12.1. The number of carbonyl (C=O) groups is 2. The number of rotatable bonds is 11. The molecule has 1 atom stereocenters. The highest BCUT2D eigenvalue weighted by molar-refractivity contribution is 6.46. The van der Waals surface area contributed by atoms with E-state index in [1.54, 1.807) is 30.2 Å². The van der Waals surface area contributed by atoms with Crippen LogP contribution in [0.2, 0.25) is 0 Å². The molecular weight excluding hydrogens is 444 g/mol. The second kappa shape index (κ2) is 11.9. The number of aliphatic hydroxyl groups excluding tert-OH is 1. The lowest BCUT2D eigenvalue weighted by Crippen LogP contribution is -2.35. The number of aryl methyl sites for hydroxylation is 1. The number of ketones is 1. The van der Waals surface area contributed by atoms with E-state index >= 15 is 0 Å². The number of aliphatic hydroxyl groups is 1. The summed E-state index contributed by atoms with van der Waals surface area (Å²) >= 11 is 0. The van der Waals surface area contributed by atoms with Crippen LogP contribution in [0.15, 0.2) is 48.0 Å². The Morgan fingerprint density at radius 2 is 1.80 bits per heavy atom. The lowest BCUT2D eigenvalue weighted by atomic mass is 9.94. The summed E-state index contributed by atoms with van der Waals surface area (Å²) in [6.07, 6.45) is 3.23. The van der Waals surface area contributed by atoms with Crippen LogP contribution in [0.4, 0.5) is 0 Å². The molecule has 0 bridgehead atoms. The number of likely N-dealkylation sites (tertiary alicyclic amines) is 1. The largest absolute Gasteiger partial charge is 0.507 e. The van der Waals surface area contributed by atoms with E-state index in [9.17, 15) is 14.7 Å². The Kier molecular flexibility index (Phi) is 8.93. The number of methoxy groups -OCH3 is 1. The van der Waals surface area contributed by atoms with Gasteiger partial charge in [-0.3, -0.25) is 9.59 Å². The van der Waals surface area contributed by atoms with Crippen molar-refractivity contribution in [2.75, 3.05) is 40.9 Å². The molecule has 0 radical (unpaired) electrons. The molecule has 1 aliphatic rings. The zero-order chi connectivity index (χ0) is 25.5. The fraction of sp³-hybridized carbons (Fsp3) is 0.429. The van der Waals surface area contributed by atoms with Crippen LogP contribution >= 0.6 is 0 Å². The number of Topliss-reactive ketones (excluding diaryl/α,β-unsaturated/α-hetero) is 1. The Morgan fingerprint density at radius 1 is 1.09 bits per heavy atom. The van der Waals surface area contributed by atoms with Crippen molar-refractivity contribution in [2.24, 2.45) is 0 Å². The van der Waals surface area contributed by atoms with Crippen molar-refractivity contribution in [3.8, 4) is 11.5 Å². The van der Waals surface area contributed by atoms with Crippen molar-refractivity contribution < 1.29 is 24.2 Å².